The van der Waals surface area contributed by atoms with Crippen molar-refractivity contribution in [1.29, 1.82) is 0 Å². The molecule has 0 aliphatic heterocycles. The first-order valence-corrected chi connectivity index (χ1v) is 4.99. The van der Waals surface area contributed by atoms with Crippen molar-refractivity contribution in [2.24, 2.45) is 0 Å². The van der Waals surface area contributed by atoms with Gasteiger partial charge >= 0.3 is 5.76 Å². The maximum atomic E-state index is 10.9. The van der Waals surface area contributed by atoms with Crippen molar-refractivity contribution < 1.29 is 4.42 Å². The van der Waals surface area contributed by atoms with E-state index in [1.807, 2.05) is 18.2 Å². The average molecular weight is 206 g/mol. The Morgan fingerprint density at radius 1 is 1.47 bits per heavy atom. The zero-order valence-electron chi connectivity index (χ0n) is 8.91. The van der Waals surface area contributed by atoms with Crippen LogP contribution in [0.1, 0.15) is 12.5 Å². The highest BCUT2D eigenvalue weighted by molar-refractivity contribution is 5.72. The highest BCUT2D eigenvalue weighted by Crippen LogP contribution is 2.13. The number of H-pyrrole nitrogens is 1. The standard InChI is InChI=1S/C11H14N2O2/c1-3-13(2)7-8-4-5-10-9(6-8)12-11(14)15-10/h4-6H,3,7H2,1-2H3,(H,12,14). The second-order valence-corrected chi connectivity index (χ2v) is 3.68. The average Bonchev–Trinajstić information content (AvgIpc) is 2.57. The van der Waals surface area contributed by atoms with Gasteiger partial charge in [0, 0.05) is 6.54 Å². The molecule has 0 spiro atoms. The molecule has 0 saturated heterocycles. The molecule has 80 valence electrons. The number of hydrogen-bond donors (Lipinski definition) is 1. The lowest BCUT2D eigenvalue weighted by molar-refractivity contribution is 0.346. The van der Waals surface area contributed by atoms with Crippen molar-refractivity contribution in [2.75, 3.05) is 13.6 Å². The van der Waals surface area contributed by atoms with Gasteiger partial charge < -0.3 is 9.32 Å². The summed E-state index contributed by atoms with van der Waals surface area (Å²) < 4.78 is 4.93. The summed E-state index contributed by atoms with van der Waals surface area (Å²) in [5.41, 5.74) is 2.55. The van der Waals surface area contributed by atoms with Crippen molar-refractivity contribution in [3.8, 4) is 0 Å². The van der Waals surface area contributed by atoms with Crippen LogP contribution in [0.2, 0.25) is 0 Å². The van der Waals surface area contributed by atoms with Gasteiger partial charge in [0.1, 0.15) is 0 Å². The molecule has 0 unspecified atom stereocenters. The minimum Gasteiger partial charge on any atom is -0.408 e. The van der Waals surface area contributed by atoms with E-state index in [-0.39, 0.29) is 0 Å². The number of fused-ring (bicyclic) bond motifs is 1. The maximum Gasteiger partial charge on any atom is 0.417 e. The minimum atomic E-state index is -0.397. The van der Waals surface area contributed by atoms with E-state index in [0.29, 0.717) is 5.58 Å². The number of hydrogen-bond acceptors (Lipinski definition) is 3. The van der Waals surface area contributed by atoms with Crippen LogP contribution in [0.4, 0.5) is 0 Å². The van der Waals surface area contributed by atoms with Crippen molar-refractivity contribution in [3.05, 3.63) is 34.3 Å². The maximum absolute atomic E-state index is 10.9. The van der Waals surface area contributed by atoms with E-state index in [1.165, 1.54) is 5.56 Å². The number of nitrogens with one attached hydrogen (secondary N) is 1. The van der Waals surface area contributed by atoms with Crippen molar-refractivity contribution in [2.45, 2.75) is 13.5 Å². The molecule has 15 heavy (non-hydrogen) atoms. The van der Waals surface area contributed by atoms with E-state index in [9.17, 15) is 4.79 Å². The Hall–Kier alpha value is -1.55. The molecule has 1 heterocycles. The Labute approximate surface area is 87.5 Å². The summed E-state index contributed by atoms with van der Waals surface area (Å²) in [4.78, 5) is 15.8. The van der Waals surface area contributed by atoms with E-state index in [1.54, 1.807) is 0 Å². The molecule has 0 fully saturated rings. The molecule has 0 saturated carbocycles. The lowest BCUT2D eigenvalue weighted by Crippen LogP contribution is -2.16. The van der Waals surface area contributed by atoms with Gasteiger partial charge in [-0.2, -0.15) is 0 Å². The molecule has 4 heteroatoms. The van der Waals surface area contributed by atoms with Gasteiger partial charge in [0.2, 0.25) is 0 Å². The van der Waals surface area contributed by atoms with Gasteiger partial charge in [-0.15, -0.1) is 0 Å². The molecular weight excluding hydrogens is 192 g/mol. The summed E-state index contributed by atoms with van der Waals surface area (Å²) in [6.45, 7) is 3.98. The third-order valence-electron chi connectivity index (χ3n) is 2.48. The van der Waals surface area contributed by atoms with Gasteiger partial charge in [0.15, 0.2) is 5.58 Å². The molecule has 0 amide bonds. The largest absolute Gasteiger partial charge is 0.417 e. The molecule has 0 bridgehead atoms. The summed E-state index contributed by atoms with van der Waals surface area (Å²) in [6, 6.07) is 5.75. The first-order valence-electron chi connectivity index (χ1n) is 4.99. The van der Waals surface area contributed by atoms with Crippen molar-refractivity contribution in [1.82, 2.24) is 9.88 Å². The molecule has 2 rings (SSSR count). The van der Waals surface area contributed by atoms with Gasteiger partial charge in [-0.1, -0.05) is 13.0 Å². The molecule has 0 aliphatic rings. The number of oxazole rings is 1. The Morgan fingerprint density at radius 3 is 3.00 bits per heavy atom. The van der Waals surface area contributed by atoms with E-state index in [2.05, 4.69) is 23.9 Å². The molecule has 1 aromatic heterocycles. The van der Waals surface area contributed by atoms with Crippen molar-refractivity contribution in [3.63, 3.8) is 0 Å². The quantitative estimate of drug-likeness (QED) is 0.829. The van der Waals surface area contributed by atoms with Gasteiger partial charge in [-0.05, 0) is 31.3 Å². The van der Waals surface area contributed by atoms with Crippen LogP contribution in [-0.2, 0) is 6.54 Å². The Bertz CT molecular complexity index is 513. The first kappa shape index (κ1) is 9.98. The van der Waals surface area contributed by atoms with Crippen LogP contribution >= 0.6 is 0 Å². The fraction of sp³-hybridized carbons (Fsp3) is 0.364. The Balaban J connectivity index is 2.34. The number of aromatic amines is 1. The molecule has 4 nitrogen and oxygen atoms in total. The van der Waals surface area contributed by atoms with Gasteiger partial charge in [-0.25, -0.2) is 4.79 Å². The third kappa shape index (κ3) is 2.10. The smallest absolute Gasteiger partial charge is 0.408 e. The number of rotatable bonds is 3. The molecule has 2 aromatic rings. The van der Waals surface area contributed by atoms with Gasteiger partial charge in [-0.3, -0.25) is 4.98 Å². The second-order valence-electron chi connectivity index (χ2n) is 3.68. The Kier molecular flexibility index (Phi) is 2.60. The molecule has 1 N–H and O–H groups in total. The van der Waals surface area contributed by atoms with Crippen LogP contribution in [0.25, 0.3) is 11.1 Å². The zero-order valence-corrected chi connectivity index (χ0v) is 8.91. The summed E-state index contributed by atoms with van der Waals surface area (Å²) in [5.74, 6) is -0.397. The zero-order chi connectivity index (χ0) is 10.8. The summed E-state index contributed by atoms with van der Waals surface area (Å²) >= 11 is 0. The summed E-state index contributed by atoms with van der Waals surface area (Å²) in [7, 11) is 2.06. The van der Waals surface area contributed by atoms with Crippen LogP contribution in [-0.4, -0.2) is 23.5 Å². The number of benzene rings is 1. The fourth-order valence-electron chi connectivity index (χ4n) is 1.52. The minimum absolute atomic E-state index is 0.397. The topological polar surface area (TPSA) is 49.2 Å². The van der Waals surface area contributed by atoms with Crippen molar-refractivity contribution >= 4 is 11.1 Å². The lowest BCUT2D eigenvalue weighted by Gasteiger charge is -2.13. The Morgan fingerprint density at radius 2 is 2.27 bits per heavy atom. The normalized spacial score (nSPS) is 11.4. The number of nitrogens with zero attached hydrogens (tertiary/aromatic N) is 1. The highest BCUT2D eigenvalue weighted by atomic mass is 16.4. The fourth-order valence-corrected chi connectivity index (χ4v) is 1.52. The van der Waals surface area contributed by atoms with Crippen LogP contribution in [0.3, 0.4) is 0 Å². The van der Waals surface area contributed by atoms with E-state index < -0.39 is 5.76 Å². The predicted molar refractivity (Wildman–Crippen MR) is 58.8 cm³/mol. The van der Waals surface area contributed by atoms with Crippen LogP contribution in [0.15, 0.2) is 27.4 Å². The van der Waals surface area contributed by atoms with Gasteiger partial charge in [0.25, 0.3) is 0 Å². The van der Waals surface area contributed by atoms with Crippen LogP contribution < -0.4 is 5.76 Å². The molecule has 0 aliphatic carbocycles. The van der Waals surface area contributed by atoms with E-state index >= 15 is 0 Å². The molecule has 0 radical (unpaired) electrons. The predicted octanol–water partition coefficient (Wildman–Crippen LogP) is 1.57. The highest BCUT2D eigenvalue weighted by Gasteiger charge is 2.03. The van der Waals surface area contributed by atoms with Crippen LogP contribution in [0.5, 0.6) is 0 Å². The van der Waals surface area contributed by atoms with Gasteiger partial charge in [0.05, 0.1) is 5.52 Å². The third-order valence-corrected chi connectivity index (χ3v) is 2.48. The number of aromatic nitrogens is 1. The summed E-state index contributed by atoms with van der Waals surface area (Å²) in [5, 5.41) is 0. The lowest BCUT2D eigenvalue weighted by atomic mass is 10.2. The first-order chi connectivity index (χ1) is 7.19. The van der Waals surface area contributed by atoms with E-state index in [0.717, 1.165) is 18.6 Å². The molecular formula is C11H14N2O2. The SMILES string of the molecule is CCN(C)Cc1ccc2oc(=O)[nH]c2c1. The monoisotopic (exact) mass is 206 g/mol. The molecule has 1 aromatic carbocycles. The van der Waals surface area contributed by atoms with E-state index in [4.69, 9.17) is 4.42 Å². The summed E-state index contributed by atoms with van der Waals surface area (Å²) in [6.07, 6.45) is 0. The second kappa shape index (κ2) is 3.90. The molecule has 0 atom stereocenters. The van der Waals surface area contributed by atoms with Crippen LogP contribution in [0, 0.1) is 0 Å².